The van der Waals surface area contributed by atoms with Gasteiger partial charge in [0.25, 0.3) is 5.91 Å². The van der Waals surface area contributed by atoms with Gasteiger partial charge in [-0.15, -0.1) is 0 Å². The fourth-order valence-electron chi connectivity index (χ4n) is 3.55. The Bertz CT molecular complexity index is 1060. The summed E-state index contributed by atoms with van der Waals surface area (Å²) in [7, 11) is 0. The molecule has 0 radical (unpaired) electrons. The van der Waals surface area contributed by atoms with Crippen molar-refractivity contribution < 1.29 is 14.3 Å². The van der Waals surface area contributed by atoms with Crippen LogP contribution >= 0.6 is 15.9 Å². The second-order valence-electron chi connectivity index (χ2n) is 9.19. The Labute approximate surface area is 210 Å². The quantitative estimate of drug-likeness (QED) is 0.410. The number of hydrogen-bond acceptors (Lipinski definition) is 3. The molecule has 0 fully saturated rings. The number of hydrogen-bond donors (Lipinski definition) is 1. The Morgan fingerprint density at radius 2 is 1.44 bits per heavy atom. The molecule has 0 aliphatic heterocycles. The summed E-state index contributed by atoms with van der Waals surface area (Å²) < 4.78 is 6.71. The summed E-state index contributed by atoms with van der Waals surface area (Å²) in [5.41, 5.74) is 1.50. The van der Waals surface area contributed by atoms with Crippen molar-refractivity contribution in [2.75, 3.05) is 6.61 Å². The average molecular weight is 523 g/mol. The number of amides is 2. The molecule has 34 heavy (non-hydrogen) atoms. The Balaban J connectivity index is 1.89. The van der Waals surface area contributed by atoms with E-state index in [4.69, 9.17) is 4.74 Å². The molecule has 0 saturated carbocycles. The van der Waals surface area contributed by atoms with Crippen molar-refractivity contribution in [3.8, 4) is 5.75 Å². The summed E-state index contributed by atoms with van der Waals surface area (Å²) in [4.78, 5) is 28.6. The Kier molecular flexibility index (Phi) is 8.88. The summed E-state index contributed by atoms with van der Waals surface area (Å²) in [5, 5.41) is 3.06. The fourth-order valence-corrected chi connectivity index (χ4v) is 3.81. The van der Waals surface area contributed by atoms with Crippen LogP contribution in [0.5, 0.6) is 5.75 Å². The molecule has 5 nitrogen and oxygen atoms in total. The molecule has 3 rings (SSSR count). The highest BCUT2D eigenvalue weighted by Gasteiger charge is 2.32. The molecule has 0 saturated heterocycles. The van der Waals surface area contributed by atoms with Gasteiger partial charge in [0.05, 0.1) is 0 Å². The van der Waals surface area contributed by atoms with Crippen molar-refractivity contribution in [3.63, 3.8) is 0 Å². The number of nitrogens with zero attached hydrogens (tertiary/aromatic N) is 1. The molecule has 3 aromatic carbocycles. The fraction of sp³-hybridized carbons (Fsp3) is 0.286. The van der Waals surface area contributed by atoms with Gasteiger partial charge in [-0.1, -0.05) is 76.6 Å². The average Bonchev–Trinajstić information content (AvgIpc) is 2.81. The first-order valence-corrected chi connectivity index (χ1v) is 12.1. The van der Waals surface area contributed by atoms with Crippen LogP contribution in [0, 0.1) is 0 Å². The highest BCUT2D eigenvalue weighted by molar-refractivity contribution is 9.10. The maximum Gasteiger partial charge on any atom is 0.261 e. The molecule has 3 aromatic rings. The van der Waals surface area contributed by atoms with Gasteiger partial charge >= 0.3 is 0 Å². The lowest BCUT2D eigenvalue weighted by atomic mass is 10.0. The molecular weight excluding hydrogens is 492 g/mol. The molecule has 0 heterocycles. The van der Waals surface area contributed by atoms with Crippen LogP contribution in [0.1, 0.15) is 31.9 Å². The van der Waals surface area contributed by atoms with Crippen molar-refractivity contribution >= 4 is 27.7 Å². The minimum Gasteiger partial charge on any atom is -0.484 e. The number of nitrogens with one attached hydrogen (secondary N) is 1. The number of rotatable bonds is 9. The lowest BCUT2D eigenvalue weighted by Gasteiger charge is -2.33. The van der Waals surface area contributed by atoms with Gasteiger partial charge in [-0.25, -0.2) is 0 Å². The van der Waals surface area contributed by atoms with E-state index in [1.807, 2.05) is 93.6 Å². The highest BCUT2D eigenvalue weighted by atomic mass is 79.9. The Morgan fingerprint density at radius 3 is 2.00 bits per heavy atom. The topological polar surface area (TPSA) is 58.6 Å². The zero-order valence-corrected chi connectivity index (χ0v) is 21.4. The van der Waals surface area contributed by atoms with Crippen molar-refractivity contribution in [1.82, 2.24) is 10.2 Å². The maximum atomic E-state index is 13.5. The monoisotopic (exact) mass is 522 g/mol. The third-order valence-electron chi connectivity index (χ3n) is 5.14. The smallest absolute Gasteiger partial charge is 0.261 e. The molecule has 1 N–H and O–H groups in total. The van der Waals surface area contributed by atoms with Gasteiger partial charge in [0.2, 0.25) is 5.91 Å². The Morgan fingerprint density at radius 1 is 0.882 bits per heavy atom. The molecule has 0 aliphatic carbocycles. The number of carbonyl (C=O) groups excluding carboxylic acids is 2. The second-order valence-corrected chi connectivity index (χ2v) is 10.1. The molecule has 178 valence electrons. The summed E-state index contributed by atoms with van der Waals surface area (Å²) in [6, 6.07) is 26.1. The zero-order chi connectivity index (χ0) is 24.6. The van der Waals surface area contributed by atoms with Crippen LogP contribution in [-0.2, 0) is 22.6 Å². The van der Waals surface area contributed by atoms with E-state index >= 15 is 0 Å². The van der Waals surface area contributed by atoms with E-state index in [0.717, 1.165) is 15.6 Å². The van der Waals surface area contributed by atoms with E-state index < -0.39 is 11.6 Å². The predicted molar refractivity (Wildman–Crippen MR) is 138 cm³/mol. The summed E-state index contributed by atoms with van der Waals surface area (Å²) in [5.74, 6) is 0.149. The number of benzene rings is 3. The van der Waals surface area contributed by atoms with Gasteiger partial charge in [0, 0.05) is 23.0 Å². The van der Waals surface area contributed by atoms with E-state index in [9.17, 15) is 9.59 Å². The number of ether oxygens (including phenoxy) is 1. The molecule has 2 amide bonds. The SMILES string of the molecule is CC(C)(C)NC(=O)[C@@H](Cc1ccccc1)N(Cc1ccccc1)C(=O)COc1ccc(Br)cc1. The van der Waals surface area contributed by atoms with Crippen molar-refractivity contribution in [3.05, 3.63) is 101 Å². The summed E-state index contributed by atoms with van der Waals surface area (Å²) in [6.45, 7) is 5.94. The van der Waals surface area contributed by atoms with E-state index in [-0.39, 0.29) is 18.4 Å². The molecular formula is C28H31BrN2O3. The van der Waals surface area contributed by atoms with Crippen LogP contribution in [0.2, 0.25) is 0 Å². The number of carbonyl (C=O) groups is 2. The third-order valence-corrected chi connectivity index (χ3v) is 5.67. The van der Waals surface area contributed by atoms with E-state index in [1.165, 1.54) is 0 Å². The molecule has 1 atom stereocenters. The normalized spacial score (nSPS) is 12.0. The van der Waals surface area contributed by atoms with E-state index in [2.05, 4.69) is 21.2 Å². The van der Waals surface area contributed by atoms with Crippen LogP contribution in [-0.4, -0.2) is 34.9 Å². The highest BCUT2D eigenvalue weighted by Crippen LogP contribution is 2.19. The first kappa shape index (κ1) is 25.5. The van der Waals surface area contributed by atoms with E-state index in [1.54, 1.807) is 17.0 Å². The zero-order valence-electron chi connectivity index (χ0n) is 19.8. The second kappa shape index (κ2) is 11.8. The molecule has 0 unspecified atom stereocenters. The van der Waals surface area contributed by atoms with Gasteiger partial charge in [-0.05, 0) is 56.2 Å². The predicted octanol–water partition coefficient (Wildman–Crippen LogP) is 5.38. The summed E-state index contributed by atoms with van der Waals surface area (Å²) >= 11 is 3.40. The lowest BCUT2D eigenvalue weighted by Crippen LogP contribution is -2.55. The van der Waals surface area contributed by atoms with Crippen molar-refractivity contribution in [2.45, 2.75) is 45.3 Å². The molecule has 0 spiro atoms. The minimum atomic E-state index is -0.692. The minimum absolute atomic E-state index is 0.164. The van der Waals surface area contributed by atoms with Gasteiger partial charge in [-0.2, -0.15) is 0 Å². The van der Waals surface area contributed by atoms with Crippen LogP contribution in [0.4, 0.5) is 0 Å². The third kappa shape index (κ3) is 8.03. The van der Waals surface area contributed by atoms with E-state index in [0.29, 0.717) is 18.7 Å². The summed E-state index contributed by atoms with van der Waals surface area (Å²) in [6.07, 6.45) is 0.402. The van der Waals surface area contributed by atoms with Crippen molar-refractivity contribution in [1.29, 1.82) is 0 Å². The first-order chi connectivity index (χ1) is 16.2. The van der Waals surface area contributed by atoms with Gasteiger partial charge < -0.3 is 15.0 Å². The van der Waals surface area contributed by atoms with Crippen LogP contribution in [0.3, 0.4) is 0 Å². The van der Waals surface area contributed by atoms with Gasteiger partial charge in [0.1, 0.15) is 11.8 Å². The molecule has 0 aliphatic rings. The molecule has 6 heteroatoms. The lowest BCUT2D eigenvalue weighted by molar-refractivity contribution is -0.143. The molecule has 0 aromatic heterocycles. The van der Waals surface area contributed by atoms with Gasteiger partial charge in [-0.3, -0.25) is 9.59 Å². The Hall–Kier alpha value is -3.12. The first-order valence-electron chi connectivity index (χ1n) is 11.3. The standard InChI is InChI=1S/C28H31BrN2O3/c1-28(2,3)30-27(33)25(18-21-10-6-4-7-11-21)31(19-22-12-8-5-9-13-22)26(32)20-34-24-16-14-23(29)15-17-24/h4-17,25H,18-20H2,1-3H3,(H,30,33)/t25-/m1/s1. The van der Waals surface area contributed by atoms with Crippen LogP contribution < -0.4 is 10.1 Å². The number of halogens is 1. The van der Waals surface area contributed by atoms with Crippen LogP contribution in [0.15, 0.2) is 89.4 Å². The molecule has 0 bridgehead atoms. The van der Waals surface area contributed by atoms with Crippen LogP contribution in [0.25, 0.3) is 0 Å². The van der Waals surface area contributed by atoms with Gasteiger partial charge in [0.15, 0.2) is 6.61 Å². The maximum absolute atomic E-state index is 13.5. The largest absolute Gasteiger partial charge is 0.484 e. The van der Waals surface area contributed by atoms with Crippen molar-refractivity contribution in [2.24, 2.45) is 0 Å².